The molecule has 5 nitrogen and oxygen atoms in total. The van der Waals surface area contributed by atoms with Gasteiger partial charge in [-0.15, -0.1) is 0 Å². The van der Waals surface area contributed by atoms with Crippen LogP contribution in [0.2, 0.25) is 0 Å². The Balaban J connectivity index is 2.43. The van der Waals surface area contributed by atoms with Crippen LogP contribution in [0.1, 0.15) is 5.56 Å². The van der Waals surface area contributed by atoms with E-state index in [1.165, 1.54) is 25.3 Å². The molecule has 6 heteroatoms. The predicted molar refractivity (Wildman–Crippen MR) is 76.6 cm³/mol. The number of sulfonamides is 1. The number of hydrogen-bond acceptors (Lipinski definition) is 4. The van der Waals surface area contributed by atoms with Gasteiger partial charge in [0.2, 0.25) is 0 Å². The minimum absolute atomic E-state index is 0.0126. The molecule has 20 heavy (non-hydrogen) atoms. The zero-order valence-electron chi connectivity index (χ0n) is 11.1. The SMILES string of the molecule is COc1ccc(C)cc1S(=O)(=O)Nc1cccc(O)c1. The summed E-state index contributed by atoms with van der Waals surface area (Å²) in [6.45, 7) is 1.80. The lowest BCUT2D eigenvalue weighted by Crippen LogP contribution is -2.14. The van der Waals surface area contributed by atoms with Crippen molar-refractivity contribution in [2.75, 3.05) is 11.8 Å². The Kier molecular flexibility index (Phi) is 3.85. The highest BCUT2D eigenvalue weighted by Gasteiger charge is 2.19. The largest absolute Gasteiger partial charge is 0.508 e. The van der Waals surface area contributed by atoms with Crippen molar-refractivity contribution in [1.29, 1.82) is 0 Å². The molecule has 0 saturated heterocycles. The van der Waals surface area contributed by atoms with E-state index in [9.17, 15) is 13.5 Å². The fourth-order valence-corrected chi connectivity index (χ4v) is 3.08. The summed E-state index contributed by atoms with van der Waals surface area (Å²) >= 11 is 0. The highest BCUT2D eigenvalue weighted by molar-refractivity contribution is 7.92. The number of aryl methyl sites for hydroxylation is 1. The first-order valence-corrected chi connectivity index (χ1v) is 7.37. The van der Waals surface area contributed by atoms with Crippen LogP contribution in [0.5, 0.6) is 11.5 Å². The number of rotatable bonds is 4. The van der Waals surface area contributed by atoms with Crippen LogP contribution < -0.4 is 9.46 Å². The topological polar surface area (TPSA) is 75.6 Å². The van der Waals surface area contributed by atoms with Gasteiger partial charge in [0.1, 0.15) is 16.4 Å². The number of phenolic OH excluding ortho intramolecular Hbond substituents is 1. The number of aromatic hydroxyl groups is 1. The molecule has 0 spiro atoms. The minimum atomic E-state index is -3.78. The van der Waals surface area contributed by atoms with E-state index in [2.05, 4.69) is 4.72 Å². The van der Waals surface area contributed by atoms with Gasteiger partial charge in [-0.3, -0.25) is 4.72 Å². The number of phenols is 1. The van der Waals surface area contributed by atoms with Gasteiger partial charge in [-0.05, 0) is 36.8 Å². The molecule has 0 saturated carbocycles. The van der Waals surface area contributed by atoms with Crippen LogP contribution in [-0.4, -0.2) is 20.6 Å². The fraction of sp³-hybridized carbons (Fsp3) is 0.143. The Labute approximate surface area is 117 Å². The number of benzene rings is 2. The summed E-state index contributed by atoms with van der Waals surface area (Å²) in [6.07, 6.45) is 0. The van der Waals surface area contributed by atoms with Gasteiger partial charge < -0.3 is 9.84 Å². The maximum absolute atomic E-state index is 12.4. The van der Waals surface area contributed by atoms with Crippen LogP contribution in [0.4, 0.5) is 5.69 Å². The molecule has 0 aliphatic carbocycles. The summed E-state index contributed by atoms with van der Waals surface area (Å²) in [4.78, 5) is 0.0587. The van der Waals surface area contributed by atoms with E-state index in [4.69, 9.17) is 4.74 Å². The van der Waals surface area contributed by atoms with Crippen molar-refractivity contribution in [2.24, 2.45) is 0 Å². The normalized spacial score (nSPS) is 11.1. The van der Waals surface area contributed by atoms with Gasteiger partial charge in [0.25, 0.3) is 10.0 Å². The van der Waals surface area contributed by atoms with E-state index in [0.717, 1.165) is 5.56 Å². The summed E-state index contributed by atoms with van der Waals surface area (Å²) in [7, 11) is -2.37. The van der Waals surface area contributed by atoms with Crippen molar-refractivity contribution in [2.45, 2.75) is 11.8 Å². The highest BCUT2D eigenvalue weighted by Crippen LogP contribution is 2.27. The van der Waals surface area contributed by atoms with Gasteiger partial charge in [0.15, 0.2) is 0 Å². The second-order valence-electron chi connectivity index (χ2n) is 4.31. The van der Waals surface area contributed by atoms with Crippen LogP contribution in [0.3, 0.4) is 0 Å². The molecule has 2 N–H and O–H groups in total. The van der Waals surface area contributed by atoms with E-state index >= 15 is 0 Å². The van der Waals surface area contributed by atoms with E-state index < -0.39 is 10.0 Å². The average Bonchev–Trinajstić information content (AvgIpc) is 2.38. The maximum atomic E-state index is 12.4. The summed E-state index contributed by atoms with van der Waals surface area (Å²) in [5, 5.41) is 9.37. The van der Waals surface area contributed by atoms with Gasteiger partial charge >= 0.3 is 0 Å². The van der Waals surface area contributed by atoms with Crippen LogP contribution in [0.25, 0.3) is 0 Å². The second kappa shape index (κ2) is 5.42. The number of hydrogen-bond donors (Lipinski definition) is 2. The lowest BCUT2D eigenvalue weighted by atomic mass is 10.2. The average molecular weight is 293 g/mol. The Hall–Kier alpha value is -2.21. The second-order valence-corrected chi connectivity index (χ2v) is 5.96. The van der Waals surface area contributed by atoms with Crippen molar-refractivity contribution in [3.8, 4) is 11.5 Å². The minimum Gasteiger partial charge on any atom is -0.508 e. The lowest BCUT2D eigenvalue weighted by molar-refractivity contribution is 0.402. The molecule has 0 atom stereocenters. The van der Waals surface area contributed by atoms with Crippen molar-refractivity contribution in [1.82, 2.24) is 0 Å². The maximum Gasteiger partial charge on any atom is 0.265 e. The first kappa shape index (κ1) is 14.2. The van der Waals surface area contributed by atoms with E-state index in [1.807, 2.05) is 0 Å². The van der Waals surface area contributed by atoms with Crippen molar-refractivity contribution >= 4 is 15.7 Å². The molecule has 106 valence electrons. The van der Waals surface area contributed by atoms with Crippen molar-refractivity contribution in [3.05, 3.63) is 48.0 Å². The van der Waals surface area contributed by atoms with Gasteiger partial charge in [0.05, 0.1) is 12.8 Å². The molecule has 0 heterocycles. The molecule has 2 rings (SSSR count). The van der Waals surface area contributed by atoms with Crippen molar-refractivity contribution < 1.29 is 18.3 Å². The Morgan fingerprint density at radius 2 is 1.90 bits per heavy atom. The van der Waals surface area contributed by atoms with E-state index in [-0.39, 0.29) is 22.1 Å². The summed E-state index contributed by atoms with van der Waals surface area (Å²) in [5.41, 5.74) is 1.09. The first-order valence-electron chi connectivity index (χ1n) is 5.89. The molecule has 2 aromatic rings. The zero-order valence-corrected chi connectivity index (χ0v) is 11.9. The lowest BCUT2D eigenvalue weighted by Gasteiger charge is -2.12. The molecular formula is C14H15NO4S. The highest BCUT2D eigenvalue weighted by atomic mass is 32.2. The Bertz CT molecular complexity index is 726. The monoisotopic (exact) mass is 293 g/mol. The van der Waals surface area contributed by atoms with E-state index in [0.29, 0.717) is 0 Å². The summed E-state index contributed by atoms with van der Waals surface area (Å²) in [6, 6.07) is 10.8. The zero-order chi connectivity index (χ0) is 14.8. The third-order valence-corrected chi connectivity index (χ3v) is 4.11. The van der Waals surface area contributed by atoms with Crippen LogP contribution >= 0.6 is 0 Å². The Morgan fingerprint density at radius 3 is 2.55 bits per heavy atom. The smallest absolute Gasteiger partial charge is 0.265 e. The molecule has 0 aliphatic heterocycles. The fourth-order valence-electron chi connectivity index (χ4n) is 1.77. The molecule has 0 fully saturated rings. The molecule has 0 bridgehead atoms. The van der Waals surface area contributed by atoms with E-state index in [1.54, 1.807) is 31.2 Å². The third-order valence-electron chi connectivity index (χ3n) is 2.71. The Morgan fingerprint density at radius 1 is 1.15 bits per heavy atom. The van der Waals surface area contributed by atoms with Gasteiger partial charge in [-0.25, -0.2) is 8.42 Å². The molecule has 0 aliphatic rings. The summed E-state index contributed by atoms with van der Waals surface area (Å²) < 4.78 is 32.2. The molecule has 0 radical (unpaired) electrons. The molecule has 0 unspecified atom stereocenters. The number of anilines is 1. The summed E-state index contributed by atoms with van der Waals surface area (Å²) in [5.74, 6) is 0.254. The quantitative estimate of drug-likeness (QED) is 0.908. The number of ether oxygens (including phenoxy) is 1. The third kappa shape index (κ3) is 3.03. The molecule has 2 aromatic carbocycles. The van der Waals surface area contributed by atoms with Crippen LogP contribution in [0, 0.1) is 6.92 Å². The van der Waals surface area contributed by atoms with Gasteiger partial charge in [-0.1, -0.05) is 12.1 Å². The first-order chi connectivity index (χ1) is 9.42. The molecule has 0 amide bonds. The van der Waals surface area contributed by atoms with Crippen molar-refractivity contribution in [3.63, 3.8) is 0 Å². The van der Waals surface area contributed by atoms with Gasteiger partial charge in [0, 0.05) is 6.07 Å². The van der Waals surface area contributed by atoms with Gasteiger partial charge in [-0.2, -0.15) is 0 Å². The van der Waals surface area contributed by atoms with Crippen LogP contribution in [0.15, 0.2) is 47.4 Å². The molecular weight excluding hydrogens is 278 g/mol. The molecule has 0 aromatic heterocycles. The van der Waals surface area contributed by atoms with Crippen LogP contribution in [-0.2, 0) is 10.0 Å². The number of nitrogens with one attached hydrogen (secondary N) is 1. The number of methoxy groups -OCH3 is 1. The predicted octanol–water partition coefficient (Wildman–Crippen LogP) is 2.51. The standard InChI is InChI=1S/C14H15NO4S/c1-10-6-7-13(19-2)14(8-10)20(17,18)15-11-4-3-5-12(16)9-11/h3-9,15-16H,1-2H3.